The van der Waals surface area contributed by atoms with Gasteiger partial charge < -0.3 is 0 Å². The van der Waals surface area contributed by atoms with Crippen LogP contribution in [0.15, 0.2) is 22.7 Å². The summed E-state index contributed by atoms with van der Waals surface area (Å²) < 4.78 is 26.4. The molecule has 82 valence electrons. The first-order valence-electron chi connectivity index (χ1n) is 4.46. The fourth-order valence-corrected chi connectivity index (χ4v) is 2.99. The van der Waals surface area contributed by atoms with Crippen LogP contribution in [0.2, 0.25) is 5.02 Å². The number of rotatable bonds is 3. The summed E-state index contributed by atoms with van der Waals surface area (Å²) in [6, 6.07) is 4.98. The monoisotopic (exact) mass is 309 g/mol. The van der Waals surface area contributed by atoms with E-state index in [1.165, 1.54) is 0 Å². The van der Waals surface area contributed by atoms with Gasteiger partial charge in [-0.3, -0.25) is 4.72 Å². The number of halogens is 2. The van der Waals surface area contributed by atoms with E-state index < -0.39 is 10.0 Å². The molecule has 1 aromatic rings. The van der Waals surface area contributed by atoms with Gasteiger partial charge >= 0.3 is 0 Å². The third kappa shape index (κ3) is 2.65. The third-order valence-corrected chi connectivity index (χ3v) is 5.24. The molecule has 0 heterocycles. The normalized spacial score (nSPS) is 16.4. The summed E-state index contributed by atoms with van der Waals surface area (Å²) in [5.74, 6) is 0. The Bertz CT molecular complexity index is 485. The molecule has 6 heteroatoms. The van der Waals surface area contributed by atoms with Gasteiger partial charge in [-0.2, -0.15) is 0 Å². The van der Waals surface area contributed by atoms with E-state index in [0.717, 1.165) is 17.3 Å². The van der Waals surface area contributed by atoms with Crippen molar-refractivity contribution in [2.24, 2.45) is 0 Å². The lowest BCUT2D eigenvalue weighted by molar-refractivity contribution is 0.600. The summed E-state index contributed by atoms with van der Waals surface area (Å²) in [5, 5.41) is 0.269. The van der Waals surface area contributed by atoms with Gasteiger partial charge in [0, 0.05) is 4.47 Å². The molecule has 0 unspecified atom stereocenters. The Balaban J connectivity index is 2.21. The summed E-state index contributed by atoms with van der Waals surface area (Å²) in [6.45, 7) is 0. The Morgan fingerprint density at radius 1 is 1.40 bits per heavy atom. The van der Waals surface area contributed by atoms with E-state index in [1.54, 1.807) is 18.2 Å². The maximum Gasteiger partial charge on any atom is 0.235 e. The van der Waals surface area contributed by atoms with Crippen LogP contribution in [-0.2, 0) is 10.0 Å². The second kappa shape index (κ2) is 3.96. The zero-order valence-electron chi connectivity index (χ0n) is 7.70. The molecule has 3 nitrogen and oxygen atoms in total. The minimum atomic E-state index is -3.19. The fourth-order valence-electron chi connectivity index (χ4n) is 1.19. The number of sulfonamides is 1. The van der Waals surface area contributed by atoms with Crippen LogP contribution in [0.3, 0.4) is 0 Å². The Labute approximate surface area is 102 Å². The zero-order chi connectivity index (χ0) is 11.1. The van der Waals surface area contributed by atoms with Crippen LogP contribution >= 0.6 is 27.5 Å². The number of benzene rings is 1. The highest BCUT2D eigenvalue weighted by Gasteiger charge is 2.35. The van der Waals surface area contributed by atoms with E-state index in [9.17, 15) is 8.42 Å². The zero-order valence-corrected chi connectivity index (χ0v) is 10.9. The smallest absolute Gasteiger partial charge is 0.235 e. The van der Waals surface area contributed by atoms with Crippen molar-refractivity contribution >= 4 is 43.2 Å². The molecule has 0 radical (unpaired) electrons. The molecule has 1 aliphatic carbocycles. The molecule has 0 bridgehead atoms. The molecular formula is C9H9BrClNO2S. The average molecular weight is 311 g/mol. The van der Waals surface area contributed by atoms with Gasteiger partial charge in [-0.05, 0) is 47.0 Å². The van der Waals surface area contributed by atoms with Crippen LogP contribution in [0, 0.1) is 0 Å². The molecule has 1 saturated carbocycles. The van der Waals surface area contributed by atoms with E-state index >= 15 is 0 Å². The molecule has 1 N–H and O–H groups in total. The minimum absolute atomic E-state index is 0.222. The van der Waals surface area contributed by atoms with Gasteiger partial charge in [-0.1, -0.05) is 11.6 Å². The Morgan fingerprint density at radius 2 is 2.07 bits per heavy atom. The Kier molecular flexibility index (Phi) is 2.96. The Hall–Kier alpha value is -0.260. The van der Waals surface area contributed by atoms with Gasteiger partial charge in [-0.15, -0.1) is 0 Å². The second-order valence-electron chi connectivity index (χ2n) is 3.48. The molecule has 1 aliphatic rings. The summed E-state index contributed by atoms with van der Waals surface area (Å²) in [7, 11) is -3.19. The van der Waals surface area contributed by atoms with Crippen LogP contribution in [-0.4, -0.2) is 13.7 Å². The molecule has 0 spiro atoms. The van der Waals surface area contributed by atoms with Crippen molar-refractivity contribution in [1.82, 2.24) is 0 Å². The van der Waals surface area contributed by atoms with Crippen molar-refractivity contribution in [3.63, 3.8) is 0 Å². The highest BCUT2D eigenvalue weighted by atomic mass is 79.9. The first-order valence-corrected chi connectivity index (χ1v) is 7.17. The first kappa shape index (κ1) is 11.2. The van der Waals surface area contributed by atoms with E-state index in [2.05, 4.69) is 20.7 Å². The van der Waals surface area contributed by atoms with Crippen LogP contribution in [0.25, 0.3) is 0 Å². The minimum Gasteiger partial charge on any atom is -0.283 e. The summed E-state index contributed by atoms with van der Waals surface area (Å²) in [6.07, 6.45) is 1.50. The molecule has 15 heavy (non-hydrogen) atoms. The predicted molar refractivity (Wildman–Crippen MR) is 64.7 cm³/mol. The molecule has 0 amide bonds. The van der Waals surface area contributed by atoms with Crippen LogP contribution in [0.4, 0.5) is 5.69 Å². The van der Waals surface area contributed by atoms with Gasteiger partial charge in [0.05, 0.1) is 16.0 Å². The standard InChI is InChI=1S/C9H9BrClNO2S/c10-8-4-1-6(5-9(8)11)12-15(13,14)7-2-3-7/h1,4-5,7,12H,2-3H2. The number of nitrogens with one attached hydrogen (secondary N) is 1. The predicted octanol–water partition coefficient (Wildman–Crippen LogP) is 3.01. The van der Waals surface area contributed by atoms with Gasteiger partial charge in [0.15, 0.2) is 0 Å². The lowest BCUT2D eigenvalue weighted by Gasteiger charge is -2.07. The topological polar surface area (TPSA) is 46.2 Å². The molecule has 0 atom stereocenters. The second-order valence-corrected chi connectivity index (χ2v) is 6.70. The largest absolute Gasteiger partial charge is 0.283 e. The lowest BCUT2D eigenvalue weighted by atomic mass is 10.3. The summed E-state index contributed by atoms with van der Waals surface area (Å²) in [5.41, 5.74) is 0.509. The van der Waals surface area contributed by atoms with E-state index in [1.807, 2.05) is 0 Å². The van der Waals surface area contributed by atoms with E-state index in [0.29, 0.717) is 10.7 Å². The Morgan fingerprint density at radius 3 is 2.60 bits per heavy atom. The van der Waals surface area contributed by atoms with Crippen molar-refractivity contribution in [2.75, 3.05) is 4.72 Å². The maximum absolute atomic E-state index is 11.6. The molecule has 1 aromatic carbocycles. The highest BCUT2D eigenvalue weighted by molar-refractivity contribution is 9.10. The van der Waals surface area contributed by atoms with Crippen molar-refractivity contribution < 1.29 is 8.42 Å². The van der Waals surface area contributed by atoms with Gasteiger partial charge in [0.25, 0.3) is 0 Å². The molecule has 0 aromatic heterocycles. The first-order chi connectivity index (χ1) is 6.99. The van der Waals surface area contributed by atoms with Crippen molar-refractivity contribution in [3.05, 3.63) is 27.7 Å². The third-order valence-electron chi connectivity index (χ3n) is 2.14. The van der Waals surface area contributed by atoms with Crippen molar-refractivity contribution in [1.29, 1.82) is 0 Å². The van der Waals surface area contributed by atoms with Gasteiger partial charge in [-0.25, -0.2) is 8.42 Å². The quantitative estimate of drug-likeness (QED) is 0.933. The van der Waals surface area contributed by atoms with Crippen molar-refractivity contribution in [2.45, 2.75) is 18.1 Å². The molecule has 0 saturated heterocycles. The molecule has 2 rings (SSSR count). The van der Waals surface area contributed by atoms with E-state index in [4.69, 9.17) is 11.6 Å². The van der Waals surface area contributed by atoms with Gasteiger partial charge in [0.2, 0.25) is 10.0 Å². The number of hydrogen-bond donors (Lipinski definition) is 1. The molecular weight excluding hydrogens is 302 g/mol. The van der Waals surface area contributed by atoms with E-state index in [-0.39, 0.29) is 5.25 Å². The highest BCUT2D eigenvalue weighted by Crippen LogP contribution is 2.31. The van der Waals surface area contributed by atoms with Crippen molar-refractivity contribution in [3.8, 4) is 0 Å². The van der Waals surface area contributed by atoms with Gasteiger partial charge in [0.1, 0.15) is 0 Å². The fraction of sp³-hybridized carbons (Fsp3) is 0.333. The summed E-state index contributed by atoms with van der Waals surface area (Å²) in [4.78, 5) is 0. The van der Waals surface area contributed by atoms with Crippen LogP contribution in [0.1, 0.15) is 12.8 Å². The van der Waals surface area contributed by atoms with Crippen LogP contribution < -0.4 is 4.72 Å². The maximum atomic E-state index is 11.6. The number of hydrogen-bond acceptors (Lipinski definition) is 2. The molecule has 0 aliphatic heterocycles. The SMILES string of the molecule is O=S(=O)(Nc1ccc(Br)c(Cl)c1)C1CC1. The number of anilines is 1. The lowest BCUT2D eigenvalue weighted by Crippen LogP contribution is -2.17. The molecule has 1 fully saturated rings. The van der Waals surface area contributed by atoms with Crippen LogP contribution in [0.5, 0.6) is 0 Å². The summed E-state index contributed by atoms with van der Waals surface area (Å²) >= 11 is 9.10. The average Bonchev–Trinajstić information content (AvgIpc) is 2.93.